The van der Waals surface area contributed by atoms with Gasteiger partial charge < -0.3 is 10.4 Å². The zero-order valence-electron chi connectivity index (χ0n) is 9.76. The second-order valence-electron chi connectivity index (χ2n) is 4.60. The van der Waals surface area contributed by atoms with Gasteiger partial charge in [0.2, 0.25) is 0 Å². The Hall–Kier alpha value is -0.930. The number of aliphatic hydroxyl groups excluding tert-OH is 1. The van der Waals surface area contributed by atoms with Crippen molar-refractivity contribution in [2.45, 2.75) is 38.3 Å². The molecule has 1 aliphatic rings. The molecule has 2 N–H and O–H groups in total. The van der Waals surface area contributed by atoms with Crippen molar-refractivity contribution in [1.82, 2.24) is 10.3 Å². The van der Waals surface area contributed by atoms with E-state index in [0.717, 1.165) is 18.0 Å². The van der Waals surface area contributed by atoms with Gasteiger partial charge in [-0.05, 0) is 44.2 Å². The lowest BCUT2D eigenvalue weighted by atomic mass is 10.1. The van der Waals surface area contributed by atoms with Gasteiger partial charge in [0.1, 0.15) is 0 Å². The Balaban J connectivity index is 1.92. The first kappa shape index (κ1) is 11.6. The number of aliphatic hydroxyl groups is 1. The minimum Gasteiger partial charge on any atom is -0.396 e. The fourth-order valence-electron chi connectivity index (χ4n) is 2.13. The number of nitrogens with one attached hydrogen (secondary N) is 1. The molecule has 0 bridgehead atoms. The molecule has 1 heterocycles. The fraction of sp³-hybridized carbons (Fsp3) is 0.615. The van der Waals surface area contributed by atoms with Gasteiger partial charge in [-0.3, -0.25) is 4.98 Å². The van der Waals surface area contributed by atoms with Crippen molar-refractivity contribution < 1.29 is 5.11 Å². The lowest BCUT2D eigenvalue weighted by molar-refractivity contribution is 0.249. The van der Waals surface area contributed by atoms with Crippen LogP contribution in [0.5, 0.6) is 0 Å². The third-order valence-electron chi connectivity index (χ3n) is 3.23. The van der Waals surface area contributed by atoms with E-state index in [4.69, 9.17) is 5.11 Å². The molecule has 0 saturated heterocycles. The summed E-state index contributed by atoms with van der Waals surface area (Å²) >= 11 is 0. The second kappa shape index (κ2) is 5.41. The van der Waals surface area contributed by atoms with Crippen LogP contribution in [0.3, 0.4) is 0 Å². The standard InChI is InChI=1S/C13H20N2O/c1-10(12-4-2-3-8-14-12)15-13(7-9-16)11-5-6-11/h2-4,8,10-11,13,15-16H,5-7,9H2,1H3. The Morgan fingerprint density at radius 3 is 2.88 bits per heavy atom. The van der Waals surface area contributed by atoms with Crippen LogP contribution in [-0.4, -0.2) is 22.7 Å². The summed E-state index contributed by atoms with van der Waals surface area (Å²) in [6.07, 6.45) is 5.27. The monoisotopic (exact) mass is 220 g/mol. The predicted octanol–water partition coefficient (Wildman–Crippen LogP) is 1.89. The van der Waals surface area contributed by atoms with E-state index in [2.05, 4.69) is 17.2 Å². The summed E-state index contributed by atoms with van der Waals surface area (Å²) in [4.78, 5) is 4.35. The maximum Gasteiger partial charge on any atom is 0.0570 e. The summed E-state index contributed by atoms with van der Waals surface area (Å²) in [6, 6.07) is 6.70. The van der Waals surface area contributed by atoms with Crippen LogP contribution in [0.4, 0.5) is 0 Å². The third-order valence-corrected chi connectivity index (χ3v) is 3.23. The maximum absolute atomic E-state index is 9.04. The largest absolute Gasteiger partial charge is 0.396 e. The van der Waals surface area contributed by atoms with Crippen LogP contribution in [0.2, 0.25) is 0 Å². The van der Waals surface area contributed by atoms with Crippen molar-refractivity contribution >= 4 is 0 Å². The molecule has 1 aromatic heterocycles. The first-order valence-electron chi connectivity index (χ1n) is 6.09. The topological polar surface area (TPSA) is 45.1 Å². The summed E-state index contributed by atoms with van der Waals surface area (Å²) in [5.41, 5.74) is 1.08. The summed E-state index contributed by atoms with van der Waals surface area (Å²) in [5.74, 6) is 0.762. The second-order valence-corrected chi connectivity index (χ2v) is 4.60. The predicted molar refractivity (Wildman–Crippen MR) is 64.0 cm³/mol. The molecule has 2 rings (SSSR count). The molecule has 88 valence electrons. The van der Waals surface area contributed by atoms with Crippen LogP contribution in [0, 0.1) is 5.92 Å². The number of aromatic nitrogens is 1. The van der Waals surface area contributed by atoms with Gasteiger partial charge in [0.05, 0.1) is 5.69 Å². The van der Waals surface area contributed by atoms with E-state index in [0.29, 0.717) is 6.04 Å². The molecule has 1 aliphatic carbocycles. The molecule has 0 aliphatic heterocycles. The number of nitrogens with zero attached hydrogens (tertiary/aromatic N) is 1. The molecule has 0 radical (unpaired) electrons. The Morgan fingerprint density at radius 1 is 1.50 bits per heavy atom. The first-order valence-corrected chi connectivity index (χ1v) is 6.09. The highest BCUT2D eigenvalue weighted by Gasteiger charge is 2.31. The molecule has 0 amide bonds. The summed E-state index contributed by atoms with van der Waals surface area (Å²) in [5, 5.41) is 12.6. The lowest BCUT2D eigenvalue weighted by Gasteiger charge is -2.22. The SMILES string of the molecule is CC(NC(CCO)C1CC1)c1ccccn1. The zero-order chi connectivity index (χ0) is 11.4. The zero-order valence-corrected chi connectivity index (χ0v) is 9.76. The van der Waals surface area contributed by atoms with Gasteiger partial charge in [0, 0.05) is 24.9 Å². The summed E-state index contributed by atoms with van der Waals surface area (Å²) < 4.78 is 0. The van der Waals surface area contributed by atoms with Crippen LogP contribution in [0.15, 0.2) is 24.4 Å². The first-order chi connectivity index (χ1) is 7.81. The molecule has 3 heteroatoms. The molecule has 3 nitrogen and oxygen atoms in total. The summed E-state index contributed by atoms with van der Waals surface area (Å²) in [7, 11) is 0. The highest BCUT2D eigenvalue weighted by atomic mass is 16.3. The van der Waals surface area contributed by atoms with E-state index >= 15 is 0 Å². The van der Waals surface area contributed by atoms with Crippen LogP contribution in [-0.2, 0) is 0 Å². The number of rotatable bonds is 6. The highest BCUT2D eigenvalue weighted by molar-refractivity contribution is 5.08. The van der Waals surface area contributed by atoms with Crippen molar-refractivity contribution in [2.24, 2.45) is 5.92 Å². The van der Waals surface area contributed by atoms with Crippen molar-refractivity contribution in [1.29, 1.82) is 0 Å². The maximum atomic E-state index is 9.04. The molecule has 2 atom stereocenters. The van der Waals surface area contributed by atoms with Gasteiger partial charge >= 0.3 is 0 Å². The van der Waals surface area contributed by atoms with Crippen LogP contribution >= 0.6 is 0 Å². The van der Waals surface area contributed by atoms with E-state index in [1.807, 2.05) is 24.4 Å². The highest BCUT2D eigenvalue weighted by Crippen LogP contribution is 2.34. The van der Waals surface area contributed by atoms with E-state index in [1.165, 1.54) is 12.8 Å². The molecular formula is C13H20N2O. The number of hydrogen-bond donors (Lipinski definition) is 2. The number of hydrogen-bond acceptors (Lipinski definition) is 3. The number of pyridine rings is 1. The summed E-state index contributed by atoms with van der Waals surface area (Å²) in [6.45, 7) is 2.40. The van der Waals surface area contributed by atoms with Gasteiger partial charge in [-0.25, -0.2) is 0 Å². The third kappa shape index (κ3) is 3.03. The average Bonchev–Trinajstić information content (AvgIpc) is 3.13. The van der Waals surface area contributed by atoms with Gasteiger partial charge in [0.15, 0.2) is 0 Å². The smallest absolute Gasteiger partial charge is 0.0570 e. The van der Waals surface area contributed by atoms with Crippen molar-refractivity contribution in [2.75, 3.05) is 6.61 Å². The van der Waals surface area contributed by atoms with Gasteiger partial charge in [-0.2, -0.15) is 0 Å². The van der Waals surface area contributed by atoms with E-state index < -0.39 is 0 Å². The molecular weight excluding hydrogens is 200 g/mol. The van der Waals surface area contributed by atoms with Gasteiger partial charge in [0.25, 0.3) is 0 Å². The molecule has 0 aromatic carbocycles. The van der Waals surface area contributed by atoms with Crippen molar-refractivity contribution in [3.8, 4) is 0 Å². The Labute approximate surface area is 96.9 Å². The molecule has 1 fully saturated rings. The van der Waals surface area contributed by atoms with Gasteiger partial charge in [-0.1, -0.05) is 6.07 Å². The quantitative estimate of drug-likeness (QED) is 0.769. The lowest BCUT2D eigenvalue weighted by Crippen LogP contribution is -2.34. The van der Waals surface area contributed by atoms with Crippen LogP contribution in [0.1, 0.15) is 37.9 Å². The van der Waals surface area contributed by atoms with Crippen molar-refractivity contribution in [3.63, 3.8) is 0 Å². The molecule has 2 unspecified atom stereocenters. The van der Waals surface area contributed by atoms with E-state index in [1.54, 1.807) is 0 Å². The minimum absolute atomic E-state index is 0.262. The molecule has 1 aromatic rings. The Kier molecular flexibility index (Phi) is 3.91. The van der Waals surface area contributed by atoms with Gasteiger partial charge in [-0.15, -0.1) is 0 Å². The minimum atomic E-state index is 0.262. The van der Waals surface area contributed by atoms with Crippen LogP contribution in [0.25, 0.3) is 0 Å². The Morgan fingerprint density at radius 2 is 2.31 bits per heavy atom. The molecule has 1 saturated carbocycles. The van der Waals surface area contributed by atoms with E-state index in [-0.39, 0.29) is 12.6 Å². The molecule has 0 spiro atoms. The Bertz CT molecular complexity index is 311. The van der Waals surface area contributed by atoms with Crippen LogP contribution < -0.4 is 5.32 Å². The molecule has 16 heavy (non-hydrogen) atoms. The van der Waals surface area contributed by atoms with Crippen molar-refractivity contribution in [3.05, 3.63) is 30.1 Å². The van der Waals surface area contributed by atoms with E-state index in [9.17, 15) is 0 Å². The average molecular weight is 220 g/mol. The normalized spacial score (nSPS) is 19.4. The fourth-order valence-corrected chi connectivity index (χ4v) is 2.13.